The minimum atomic E-state index is -0.311. The van der Waals surface area contributed by atoms with E-state index in [0.717, 1.165) is 17.5 Å². The van der Waals surface area contributed by atoms with Crippen molar-refractivity contribution in [2.75, 3.05) is 6.54 Å². The van der Waals surface area contributed by atoms with Crippen LogP contribution in [0.1, 0.15) is 31.4 Å². The lowest BCUT2D eigenvalue weighted by atomic mass is 10.1. The molecule has 128 valence electrons. The smallest absolute Gasteiger partial charge is 0.410 e. The fourth-order valence-electron chi connectivity index (χ4n) is 2.18. The highest BCUT2D eigenvalue weighted by Gasteiger charge is 2.16. The van der Waals surface area contributed by atoms with Crippen LogP contribution in [0, 0.1) is 5.92 Å². The van der Waals surface area contributed by atoms with Crippen LogP contribution < -0.4 is 0 Å². The van der Waals surface area contributed by atoms with Crippen molar-refractivity contribution in [2.24, 2.45) is 5.92 Å². The molecule has 1 heterocycles. The van der Waals surface area contributed by atoms with Gasteiger partial charge in [0.05, 0.1) is 6.54 Å². The lowest BCUT2D eigenvalue weighted by molar-refractivity contribution is 0.0919. The predicted octanol–water partition coefficient (Wildman–Crippen LogP) is 4.92. The van der Waals surface area contributed by atoms with E-state index in [0.29, 0.717) is 24.2 Å². The largest absolute Gasteiger partial charge is 0.445 e. The molecule has 0 atom stereocenters. The Balaban J connectivity index is 1.98. The Hall–Kier alpha value is -2.07. The number of nitrogens with zero attached hydrogens (tertiary/aromatic N) is 2. The Morgan fingerprint density at radius 2 is 1.92 bits per heavy atom. The van der Waals surface area contributed by atoms with E-state index in [1.165, 1.54) is 0 Å². The summed E-state index contributed by atoms with van der Waals surface area (Å²) in [5, 5.41) is 0.444. The number of ether oxygens (including phenoxy) is 1. The maximum absolute atomic E-state index is 12.5. The van der Waals surface area contributed by atoms with Gasteiger partial charge in [-0.15, -0.1) is 0 Å². The lowest BCUT2D eigenvalue weighted by Gasteiger charge is -2.23. The zero-order valence-corrected chi connectivity index (χ0v) is 14.9. The summed E-state index contributed by atoms with van der Waals surface area (Å²) in [6.45, 7) is 5.66. The van der Waals surface area contributed by atoms with Gasteiger partial charge in [0.25, 0.3) is 0 Å². The van der Waals surface area contributed by atoms with Crippen molar-refractivity contribution in [3.63, 3.8) is 0 Å². The first kappa shape index (κ1) is 18.3. The summed E-state index contributed by atoms with van der Waals surface area (Å²) in [6.07, 6.45) is 2.30. The van der Waals surface area contributed by atoms with Gasteiger partial charge in [-0.05, 0) is 29.5 Å². The van der Waals surface area contributed by atoms with Crippen LogP contribution in [0.5, 0.6) is 0 Å². The number of carbonyl (C=O) groups excluding carboxylic acids is 1. The number of halogens is 1. The molecule has 5 heteroatoms. The summed E-state index contributed by atoms with van der Waals surface area (Å²) in [5.41, 5.74) is 1.91. The molecule has 4 nitrogen and oxygen atoms in total. The number of benzene rings is 1. The Bertz CT molecular complexity index is 630. The fraction of sp³-hybridized carbons (Fsp3) is 0.368. The van der Waals surface area contributed by atoms with E-state index >= 15 is 0 Å². The molecule has 0 saturated carbocycles. The maximum Gasteiger partial charge on any atom is 0.410 e. The number of pyridine rings is 1. The number of carbonyl (C=O) groups is 1. The van der Waals surface area contributed by atoms with Gasteiger partial charge in [0.2, 0.25) is 0 Å². The van der Waals surface area contributed by atoms with Gasteiger partial charge in [-0.25, -0.2) is 9.78 Å². The van der Waals surface area contributed by atoms with Crippen LogP contribution in [-0.4, -0.2) is 22.5 Å². The number of hydrogen-bond donors (Lipinski definition) is 0. The minimum absolute atomic E-state index is 0.275. The molecule has 1 aromatic carbocycles. The van der Waals surface area contributed by atoms with Crippen molar-refractivity contribution in [3.8, 4) is 0 Å². The first-order valence-electron chi connectivity index (χ1n) is 8.10. The third kappa shape index (κ3) is 6.20. The van der Waals surface area contributed by atoms with E-state index < -0.39 is 0 Å². The quantitative estimate of drug-likeness (QED) is 0.668. The highest BCUT2D eigenvalue weighted by molar-refractivity contribution is 6.29. The summed E-state index contributed by atoms with van der Waals surface area (Å²) in [5.74, 6) is 0.512. The van der Waals surface area contributed by atoms with Crippen molar-refractivity contribution in [3.05, 3.63) is 64.9 Å². The topological polar surface area (TPSA) is 42.4 Å². The first-order valence-corrected chi connectivity index (χ1v) is 8.48. The Morgan fingerprint density at radius 3 is 2.54 bits per heavy atom. The average Bonchev–Trinajstić information content (AvgIpc) is 2.59. The molecule has 0 N–H and O–H groups in total. The van der Waals surface area contributed by atoms with Crippen LogP contribution in [0.3, 0.4) is 0 Å². The molecule has 0 aliphatic carbocycles. The van der Waals surface area contributed by atoms with E-state index in [2.05, 4.69) is 18.8 Å². The standard InChI is InChI=1S/C19H23ClN2O2/c1-15(2)10-11-22(13-17-8-9-18(20)21-12-17)19(23)24-14-16-6-4-3-5-7-16/h3-9,12,15H,10-11,13-14H2,1-2H3. The van der Waals surface area contributed by atoms with Crippen molar-refractivity contribution < 1.29 is 9.53 Å². The third-order valence-electron chi connectivity index (χ3n) is 3.60. The van der Waals surface area contributed by atoms with Crippen LogP contribution in [0.4, 0.5) is 4.79 Å². The van der Waals surface area contributed by atoms with Crippen molar-refractivity contribution in [2.45, 2.75) is 33.4 Å². The van der Waals surface area contributed by atoms with Crippen LogP contribution in [0.2, 0.25) is 5.15 Å². The summed E-state index contributed by atoms with van der Waals surface area (Å²) in [6, 6.07) is 13.3. The molecule has 0 unspecified atom stereocenters. The van der Waals surface area contributed by atoms with Gasteiger partial charge < -0.3 is 9.64 Å². The Morgan fingerprint density at radius 1 is 1.17 bits per heavy atom. The molecular formula is C19H23ClN2O2. The first-order chi connectivity index (χ1) is 11.5. The summed E-state index contributed by atoms with van der Waals surface area (Å²) < 4.78 is 5.46. The maximum atomic E-state index is 12.5. The van der Waals surface area contributed by atoms with E-state index in [1.54, 1.807) is 17.2 Å². The summed E-state index contributed by atoms with van der Waals surface area (Å²) in [4.78, 5) is 18.2. The van der Waals surface area contributed by atoms with Crippen molar-refractivity contribution in [1.29, 1.82) is 0 Å². The van der Waals surface area contributed by atoms with Gasteiger partial charge >= 0.3 is 6.09 Å². The average molecular weight is 347 g/mol. The SMILES string of the molecule is CC(C)CCN(Cc1ccc(Cl)nc1)C(=O)OCc1ccccc1. The van der Waals surface area contributed by atoms with Gasteiger partial charge in [0, 0.05) is 12.7 Å². The molecule has 2 aromatic rings. The van der Waals surface area contributed by atoms with Crippen LogP contribution in [0.15, 0.2) is 48.7 Å². The normalized spacial score (nSPS) is 10.7. The Kier molecular flexibility index (Phi) is 7.07. The third-order valence-corrected chi connectivity index (χ3v) is 3.83. The molecule has 24 heavy (non-hydrogen) atoms. The molecule has 0 fully saturated rings. The highest BCUT2D eigenvalue weighted by atomic mass is 35.5. The molecular weight excluding hydrogens is 324 g/mol. The molecule has 0 spiro atoms. The van der Waals surface area contributed by atoms with Crippen molar-refractivity contribution >= 4 is 17.7 Å². The van der Waals surface area contributed by atoms with Crippen LogP contribution in [-0.2, 0) is 17.9 Å². The molecule has 0 saturated heterocycles. The zero-order valence-electron chi connectivity index (χ0n) is 14.1. The van der Waals surface area contributed by atoms with Gasteiger partial charge in [-0.2, -0.15) is 0 Å². The molecule has 0 bridgehead atoms. The molecule has 0 aliphatic rings. The fourth-order valence-corrected chi connectivity index (χ4v) is 2.29. The van der Waals surface area contributed by atoms with Gasteiger partial charge in [0.1, 0.15) is 11.8 Å². The number of amides is 1. The van der Waals surface area contributed by atoms with Crippen LogP contribution in [0.25, 0.3) is 0 Å². The summed E-state index contributed by atoms with van der Waals surface area (Å²) >= 11 is 5.81. The molecule has 0 radical (unpaired) electrons. The van der Waals surface area contributed by atoms with E-state index in [4.69, 9.17) is 16.3 Å². The second-order valence-electron chi connectivity index (χ2n) is 6.13. The monoisotopic (exact) mass is 346 g/mol. The highest BCUT2D eigenvalue weighted by Crippen LogP contribution is 2.12. The van der Waals surface area contributed by atoms with Gasteiger partial charge in [-0.1, -0.05) is 61.8 Å². The predicted molar refractivity (Wildman–Crippen MR) is 95.7 cm³/mol. The lowest BCUT2D eigenvalue weighted by Crippen LogP contribution is -2.32. The van der Waals surface area contributed by atoms with Gasteiger partial charge in [-0.3, -0.25) is 0 Å². The molecule has 1 amide bonds. The zero-order chi connectivity index (χ0) is 17.4. The molecule has 1 aromatic heterocycles. The molecule has 0 aliphatic heterocycles. The number of hydrogen-bond acceptors (Lipinski definition) is 3. The summed E-state index contributed by atoms with van der Waals surface area (Å²) in [7, 11) is 0. The number of aromatic nitrogens is 1. The van der Waals surface area contributed by atoms with Crippen molar-refractivity contribution in [1.82, 2.24) is 9.88 Å². The van der Waals surface area contributed by atoms with E-state index in [1.807, 2.05) is 36.4 Å². The molecule has 2 rings (SSSR count). The minimum Gasteiger partial charge on any atom is -0.445 e. The second kappa shape index (κ2) is 9.28. The van der Waals surface area contributed by atoms with E-state index in [9.17, 15) is 4.79 Å². The van der Waals surface area contributed by atoms with Gasteiger partial charge in [0.15, 0.2) is 0 Å². The van der Waals surface area contributed by atoms with E-state index in [-0.39, 0.29) is 12.7 Å². The Labute approximate surface area is 148 Å². The number of rotatable bonds is 7. The second-order valence-corrected chi connectivity index (χ2v) is 6.52. The van der Waals surface area contributed by atoms with Crippen LogP contribution >= 0.6 is 11.6 Å².